The van der Waals surface area contributed by atoms with Gasteiger partial charge in [0, 0.05) is 18.0 Å². The highest BCUT2D eigenvalue weighted by molar-refractivity contribution is 9.11. The second-order valence-electron chi connectivity index (χ2n) is 5.47. The molecular weight excluding hydrogens is 372 g/mol. The monoisotopic (exact) mass is 394 g/mol. The number of hydrogen-bond donors (Lipinski definition) is 2. The van der Waals surface area contributed by atoms with E-state index in [1.807, 2.05) is 6.92 Å². The van der Waals surface area contributed by atoms with Crippen LogP contribution in [0.2, 0.25) is 0 Å². The summed E-state index contributed by atoms with van der Waals surface area (Å²) in [6, 6.07) is 1.76. The molecule has 0 bridgehead atoms. The van der Waals surface area contributed by atoms with Gasteiger partial charge in [-0.25, -0.2) is 13.1 Å². The Morgan fingerprint density at radius 1 is 1.38 bits per heavy atom. The van der Waals surface area contributed by atoms with Crippen molar-refractivity contribution in [3.63, 3.8) is 0 Å². The lowest BCUT2D eigenvalue weighted by atomic mass is 10.1. The fourth-order valence-corrected chi connectivity index (χ4v) is 6.39. The van der Waals surface area contributed by atoms with Crippen LogP contribution in [0, 0.1) is 5.92 Å². The first-order valence-electron chi connectivity index (χ1n) is 7.51. The predicted octanol–water partition coefficient (Wildman–Crippen LogP) is 3.48. The van der Waals surface area contributed by atoms with Crippen LogP contribution in [-0.2, 0) is 16.6 Å². The zero-order valence-electron chi connectivity index (χ0n) is 12.3. The lowest BCUT2D eigenvalue weighted by molar-refractivity contribution is 0.495. The summed E-state index contributed by atoms with van der Waals surface area (Å²) < 4.78 is 28.1. The number of halogens is 1. The summed E-state index contributed by atoms with van der Waals surface area (Å²) >= 11 is 4.85. The summed E-state index contributed by atoms with van der Waals surface area (Å²) in [4.78, 5) is 1.40. The van der Waals surface area contributed by atoms with E-state index >= 15 is 0 Å². The van der Waals surface area contributed by atoms with Gasteiger partial charge >= 0.3 is 0 Å². The van der Waals surface area contributed by atoms with Crippen LogP contribution in [0.3, 0.4) is 0 Å². The Hall–Kier alpha value is 0.0500. The molecule has 1 aromatic rings. The smallest absolute Gasteiger partial charge is 0.242 e. The molecule has 0 unspecified atom stereocenters. The van der Waals surface area contributed by atoms with Crippen LogP contribution in [0.5, 0.6) is 0 Å². The van der Waals surface area contributed by atoms with E-state index in [1.54, 1.807) is 6.07 Å². The number of hydrogen-bond acceptors (Lipinski definition) is 4. The van der Waals surface area contributed by atoms with Crippen molar-refractivity contribution < 1.29 is 8.42 Å². The molecule has 2 rings (SSSR count). The van der Waals surface area contributed by atoms with Gasteiger partial charge < -0.3 is 5.32 Å². The second-order valence-corrected chi connectivity index (χ2v) is 9.66. The molecule has 0 saturated heterocycles. The van der Waals surface area contributed by atoms with Gasteiger partial charge in [0.25, 0.3) is 0 Å². The summed E-state index contributed by atoms with van der Waals surface area (Å²) in [6.07, 6.45) is 6.03. The minimum atomic E-state index is -3.40. The van der Waals surface area contributed by atoms with Crippen molar-refractivity contribution in [2.45, 2.75) is 50.5 Å². The fraction of sp³-hybridized carbons (Fsp3) is 0.714. The zero-order valence-corrected chi connectivity index (χ0v) is 15.5. The number of rotatable bonds is 8. The standard InChI is InChI=1S/C14H23BrN2O2S2/c1-2-16-10-12-9-13(14(15)20-12)21(18,19)17-8-7-11-5-3-4-6-11/h9,11,16-17H,2-8,10H2,1H3. The molecule has 120 valence electrons. The second kappa shape index (κ2) is 8.06. The van der Waals surface area contributed by atoms with Crippen molar-refractivity contribution in [1.82, 2.24) is 10.0 Å². The molecular formula is C14H23BrN2O2S2. The first-order valence-corrected chi connectivity index (χ1v) is 10.6. The van der Waals surface area contributed by atoms with Gasteiger partial charge in [0.15, 0.2) is 0 Å². The van der Waals surface area contributed by atoms with Gasteiger partial charge in [-0.2, -0.15) is 0 Å². The average molecular weight is 395 g/mol. The highest BCUT2D eigenvalue weighted by atomic mass is 79.9. The highest BCUT2D eigenvalue weighted by Gasteiger charge is 2.21. The first-order chi connectivity index (χ1) is 10.0. The topological polar surface area (TPSA) is 58.2 Å². The van der Waals surface area contributed by atoms with Crippen LogP contribution in [0.1, 0.15) is 43.9 Å². The third-order valence-electron chi connectivity index (χ3n) is 3.86. The molecule has 2 N–H and O–H groups in total. The van der Waals surface area contributed by atoms with Crippen LogP contribution in [0.4, 0.5) is 0 Å². The average Bonchev–Trinajstić information content (AvgIpc) is 3.06. The Morgan fingerprint density at radius 2 is 2.10 bits per heavy atom. The normalized spacial score (nSPS) is 16.7. The van der Waals surface area contributed by atoms with E-state index in [2.05, 4.69) is 26.0 Å². The molecule has 0 radical (unpaired) electrons. The van der Waals surface area contributed by atoms with Crippen molar-refractivity contribution in [3.8, 4) is 0 Å². The summed E-state index contributed by atoms with van der Waals surface area (Å²) in [5.41, 5.74) is 0. The summed E-state index contributed by atoms with van der Waals surface area (Å²) in [5.74, 6) is 0.697. The van der Waals surface area contributed by atoms with Gasteiger partial charge in [-0.05, 0) is 40.9 Å². The molecule has 0 aliphatic heterocycles. The van der Waals surface area contributed by atoms with E-state index in [0.717, 1.165) is 17.8 Å². The number of nitrogens with one attached hydrogen (secondary N) is 2. The molecule has 0 amide bonds. The quantitative estimate of drug-likeness (QED) is 0.709. The van der Waals surface area contributed by atoms with Gasteiger partial charge in [0.2, 0.25) is 10.0 Å². The lowest BCUT2D eigenvalue weighted by Crippen LogP contribution is -2.25. The minimum Gasteiger partial charge on any atom is -0.312 e. The van der Waals surface area contributed by atoms with Crippen molar-refractivity contribution >= 4 is 37.3 Å². The van der Waals surface area contributed by atoms with Crippen LogP contribution in [0.15, 0.2) is 14.7 Å². The molecule has 1 aliphatic carbocycles. The van der Waals surface area contributed by atoms with Gasteiger partial charge in [-0.1, -0.05) is 32.6 Å². The van der Waals surface area contributed by atoms with Crippen LogP contribution < -0.4 is 10.0 Å². The van der Waals surface area contributed by atoms with Crippen molar-refractivity contribution in [3.05, 3.63) is 14.7 Å². The molecule has 4 nitrogen and oxygen atoms in total. The number of sulfonamides is 1. The maximum Gasteiger partial charge on any atom is 0.242 e. The predicted molar refractivity (Wildman–Crippen MR) is 91.2 cm³/mol. The van der Waals surface area contributed by atoms with E-state index in [9.17, 15) is 8.42 Å². The molecule has 7 heteroatoms. The van der Waals surface area contributed by atoms with E-state index in [1.165, 1.54) is 37.0 Å². The molecule has 0 spiro atoms. The minimum absolute atomic E-state index is 0.367. The Morgan fingerprint density at radius 3 is 2.76 bits per heavy atom. The SMILES string of the molecule is CCNCc1cc(S(=O)(=O)NCCC2CCCC2)c(Br)s1. The van der Waals surface area contributed by atoms with E-state index < -0.39 is 10.0 Å². The maximum absolute atomic E-state index is 12.4. The lowest BCUT2D eigenvalue weighted by Gasteiger charge is -2.10. The van der Waals surface area contributed by atoms with Crippen LogP contribution >= 0.6 is 27.3 Å². The summed E-state index contributed by atoms with van der Waals surface area (Å²) in [7, 11) is -3.40. The molecule has 1 aromatic heterocycles. The zero-order chi connectivity index (χ0) is 15.3. The third-order valence-corrected chi connectivity index (χ3v) is 7.58. The van der Waals surface area contributed by atoms with Crippen molar-refractivity contribution in [2.24, 2.45) is 5.92 Å². The van der Waals surface area contributed by atoms with Crippen LogP contribution in [-0.4, -0.2) is 21.5 Å². The molecule has 0 atom stereocenters. The molecule has 1 fully saturated rings. The van der Waals surface area contributed by atoms with Gasteiger partial charge in [0.05, 0.1) is 3.79 Å². The Bertz CT molecular complexity index is 551. The molecule has 1 saturated carbocycles. The van der Waals surface area contributed by atoms with E-state index in [0.29, 0.717) is 27.7 Å². The molecule has 1 aliphatic rings. The summed E-state index contributed by atoms with van der Waals surface area (Å²) in [6.45, 7) is 4.15. The maximum atomic E-state index is 12.4. The Labute approximate surface area is 139 Å². The Balaban J connectivity index is 1.93. The van der Waals surface area contributed by atoms with Gasteiger partial charge in [-0.15, -0.1) is 11.3 Å². The molecule has 1 heterocycles. The first kappa shape index (κ1) is 17.4. The largest absolute Gasteiger partial charge is 0.312 e. The van der Waals surface area contributed by atoms with E-state index in [-0.39, 0.29) is 0 Å². The molecule has 21 heavy (non-hydrogen) atoms. The Kier molecular flexibility index (Phi) is 6.68. The summed E-state index contributed by atoms with van der Waals surface area (Å²) in [5, 5.41) is 3.21. The number of thiophene rings is 1. The van der Waals surface area contributed by atoms with Gasteiger partial charge in [-0.3, -0.25) is 0 Å². The highest BCUT2D eigenvalue weighted by Crippen LogP contribution is 2.32. The fourth-order valence-electron chi connectivity index (χ4n) is 2.69. The van der Waals surface area contributed by atoms with Gasteiger partial charge in [0.1, 0.15) is 4.90 Å². The van der Waals surface area contributed by atoms with Crippen molar-refractivity contribution in [1.29, 1.82) is 0 Å². The molecule has 0 aromatic carbocycles. The van der Waals surface area contributed by atoms with Crippen molar-refractivity contribution in [2.75, 3.05) is 13.1 Å². The van der Waals surface area contributed by atoms with E-state index in [4.69, 9.17) is 0 Å². The van der Waals surface area contributed by atoms with Crippen LogP contribution in [0.25, 0.3) is 0 Å². The third kappa shape index (κ3) is 5.03.